The first kappa shape index (κ1) is 10.8. The Hall–Kier alpha value is -1.74. The van der Waals surface area contributed by atoms with Crippen molar-refractivity contribution < 1.29 is 0 Å². The molecule has 3 nitrogen and oxygen atoms in total. The van der Waals surface area contributed by atoms with Crippen LogP contribution in [0.3, 0.4) is 0 Å². The molecule has 0 aliphatic carbocycles. The number of halogens is 1. The molecular weight excluding hydrogens is 224 g/mol. The molecule has 2 rings (SSSR count). The van der Waals surface area contributed by atoms with Crippen molar-refractivity contribution in [2.75, 3.05) is 5.73 Å². The summed E-state index contributed by atoms with van der Waals surface area (Å²) in [5.74, 6) is 0. The Kier molecular flexibility index (Phi) is 2.97. The van der Waals surface area contributed by atoms with E-state index in [1.54, 1.807) is 18.5 Å². The van der Waals surface area contributed by atoms with E-state index < -0.39 is 0 Å². The van der Waals surface area contributed by atoms with Gasteiger partial charge in [-0.3, -0.25) is 4.79 Å². The van der Waals surface area contributed by atoms with E-state index in [2.05, 4.69) is 0 Å². The van der Waals surface area contributed by atoms with E-state index in [0.717, 1.165) is 5.56 Å². The van der Waals surface area contributed by atoms with Crippen molar-refractivity contribution in [3.05, 3.63) is 63.5 Å². The highest BCUT2D eigenvalue weighted by Gasteiger charge is 2.04. The molecule has 4 heteroatoms. The Morgan fingerprint density at radius 1 is 1.19 bits per heavy atom. The van der Waals surface area contributed by atoms with Crippen LogP contribution >= 0.6 is 11.6 Å². The van der Waals surface area contributed by atoms with Gasteiger partial charge in [-0.15, -0.1) is 0 Å². The maximum Gasteiger partial charge on any atom is 0.181 e. The number of pyridine rings is 1. The Morgan fingerprint density at radius 2 is 1.88 bits per heavy atom. The molecule has 0 spiro atoms. The lowest BCUT2D eigenvalue weighted by Crippen LogP contribution is -2.06. The second-order valence-corrected chi connectivity index (χ2v) is 3.92. The third kappa shape index (κ3) is 2.25. The summed E-state index contributed by atoms with van der Waals surface area (Å²) in [6.45, 7) is 0.561. The summed E-state index contributed by atoms with van der Waals surface area (Å²) < 4.78 is 1.86. The first-order valence-corrected chi connectivity index (χ1v) is 5.23. The topological polar surface area (TPSA) is 48.0 Å². The minimum atomic E-state index is -0.0108. The zero-order chi connectivity index (χ0) is 11.5. The molecule has 0 aliphatic rings. The van der Waals surface area contributed by atoms with Gasteiger partial charge < -0.3 is 10.3 Å². The molecular formula is C12H11ClN2O. The van der Waals surface area contributed by atoms with E-state index >= 15 is 0 Å². The fraction of sp³-hybridized carbons (Fsp3) is 0.0833. The average molecular weight is 235 g/mol. The minimum Gasteiger partial charge on any atom is -0.398 e. The molecule has 0 saturated carbocycles. The number of hydrogen-bond acceptors (Lipinski definition) is 2. The van der Waals surface area contributed by atoms with Gasteiger partial charge in [-0.05, 0) is 12.1 Å². The highest BCUT2D eigenvalue weighted by Crippen LogP contribution is 2.22. The quantitative estimate of drug-likeness (QED) is 0.810. The van der Waals surface area contributed by atoms with Crippen LogP contribution in [0.1, 0.15) is 5.56 Å². The largest absolute Gasteiger partial charge is 0.398 e. The molecule has 2 N–H and O–H groups in total. The fourth-order valence-electron chi connectivity index (χ4n) is 1.47. The maximum absolute atomic E-state index is 10.9. The third-order valence-electron chi connectivity index (χ3n) is 2.36. The van der Waals surface area contributed by atoms with Crippen LogP contribution in [0.5, 0.6) is 0 Å². The van der Waals surface area contributed by atoms with E-state index in [4.69, 9.17) is 17.3 Å². The van der Waals surface area contributed by atoms with E-state index in [0.29, 0.717) is 17.3 Å². The van der Waals surface area contributed by atoms with Gasteiger partial charge in [0.2, 0.25) is 0 Å². The van der Waals surface area contributed by atoms with Crippen molar-refractivity contribution in [1.82, 2.24) is 4.57 Å². The number of nitrogen functional groups attached to an aromatic ring is 1. The van der Waals surface area contributed by atoms with Gasteiger partial charge in [0.05, 0.1) is 6.54 Å². The van der Waals surface area contributed by atoms with Gasteiger partial charge in [0.1, 0.15) is 0 Å². The first-order chi connectivity index (χ1) is 7.66. The normalized spacial score (nSPS) is 10.3. The van der Waals surface area contributed by atoms with Crippen LogP contribution < -0.4 is 11.2 Å². The highest BCUT2D eigenvalue weighted by atomic mass is 35.5. The van der Waals surface area contributed by atoms with Crippen molar-refractivity contribution in [3.8, 4) is 0 Å². The van der Waals surface area contributed by atoms with E-state index in [1.807, 2.05) is 16.7 Å². The number of rotatable bonds is 2. The highest BCUT2D eigenvalue weighted by molar-refractivity contribution is 6.31. The fourth-order valence-corrected chi connectivity index (χ4v) is 1.72. The molecule has 16 heavy (non-hydrogen) atoms. The van der Waals surface area contributed by atoms with E-state index in [1.165, 1.54) is 12.1 Å². The van der Waals surface area contributed by atoms with Crippen LogP contribution in [0.25, 0.3) is 0 Å². The monoisotopic (exact) mass is 234 g/mol. The molecule has 2 aromatic rings. The number of benzene rings is 1. The molecule has 1 aromatic carbocycles. The van der Waals surface area contributed by atoms with E-state index in [9.17, 15) is 4.79 Å². The molecule has 0 bridgehead atoms. The molecule has 82 valence electrons. The molecule has 1 aromatic heterocycles. The summed E-state index contributed by atoms with van der Waals surface area (Å²) in [6, 6.07) is 8.44. The van der Waals surface area contributed by atoms with Gasteiger partial charge in [0.25, 0.3) is 0 Å². The number of hydrogen-bond donors (Lipinski definition) is 1. The SMILES string of the molecule is Nc1cccc(Cl)c1Cn1ccc(=O)cc1. The molecule has 0 saturated heterocycles. The Labute approximate surface area is 98.1 Å². The molecule has 0 fully saturated rings. The Bertz CT molecular complexity index is 522. The van der Waals surface area contributed by atoms with Crippen LogP contribution in [0.15, 0.2) is 47.5 Å². The molecule has 0 unspecified atom stereocenters. The maximum atomic E-state index is 10.9. The standard InChI is InChI=1S/C12H11ClN2O/c13-11-2-1-3-12(14)10(11)8-15-6-4-9(16)5-7-15/h1-7H,8,14H2. The number of nitrogens with two attached hydrogens (primary N) is 1. The average Bonchev–Trinajstić information content (AvgIpc) is 2.26. The van der Waals surface area contributed by atoms with Crippen molar-refractivity contribution in [3.63, 3.8) is 0 Å². The Balaban J connectivity index is 2.34. The van der Waals surface area contributed by atoms with Gasteiger partial charge in [-0.2, -0.15) is 0 Å². The summed E-state index contributed by atoms with van der Waals surface area (Å²) in [7, 11) is 0. The van der Waals surface area contributed by atoms with Crippen LogP contribution in [0.2, 0.25) is 5.02 Å². The lowest BCUT2D eigenvalue weighted by molar-refractivity contribution is 0.791. The zero-order valence-corrected chi connectivity index (χ0v) is 9.32. The third-order valence-corrected chi connectivity index (χ3v) is 2.71. The Morgan fingerprint density at radius 3 is 2.50 bits per heavy atom. The van der Waals surface area contributed by atoms with Crippen molar-refractivity contribution >= 4 is 17.3 Å². The molecule has 1 heterocycles. The molecule has 0 atom stereocenters. The summed E-state index contributed by atoms with van der Waals surface area (Å²) in [5, 5.41) is 0.638. The van der Waals surface area contributed by atoms with Gasteiger partial charge in [-0.25, -0.2) is 0 Å². The smallest absolute Gasteiger partial charge is 0.181 e. The van der Waals surface area contributed by atoms with Gasteiger partial charge >= 0.3 is 0 Å². The number of anilines is 1. The molecule has 0 radical (unpaired) electrons. The summed E-state index contributed by atoms with van der Waals surface area (Å²) in [6.07, 6.45) is 3.43. The van der Waals surface area contributed by atoms with E-state index in [-0.39, 0.29) is 5.43 Å². The lowest BCUT2D eigenvalue weighted by atomic mass is 10.2. The predicted octanol–water partition coefficient (Wildman–Crippen LogP) is 2.13. The van der Waals surface area contributed by atoms with Crippen LogP contribution in [-0.4, -0.2) is 4.57 Å². The van der Waals surface area contributed by atoms with Gasteiger partial charge in [0, 0.05) is 40.8 Å². The summed E-state index contributed by atoms with van der Waals surface area (Å²) in [5.41, 5.74) is 7.36. The van der Waals surface area contributed by atoms with Crippen molar-refractivity contribution in [2.45, 2.75) is 6.54 Å². The second kappa shape index (κ2) is 4.41. The van der Waals surface area contributed by atoms with Crippen LogP contribution in [-0.2, 0) is 6.54 Å². The zero-order valence-electron chi connectivity index (χ0n) is 8.56. The minimum absolute atomic E-state index is 0.0108. The number of aromatic nitrogens is 1. The predicted molar refractivity (Wildman–Crippen MR) is 65.7 cm³/mol. The molecule has 0 aliphatic heterocycles. The van der Waals surface area contributed by atoms with Crippen molar-refractivity contribution in [1.29, 1.82) is 0 Å². The first-order valence-electron chi connectivity index (χ1n) is 4.86. The lowest BCUT2D eigenvalue weighted by Gasteiger charge is -2.10. The summed E-state index contributed by atoms with van der Waals surface area (Å²) in [4.78, 5) is 10.9. The van der Waals surface area contributed by atoms with Gasteiger partial charge in [-0.1, -0.05) is 17.7 Å². The van der Waals surface area contributed by atoms with Crippen LogP contribution in [0.4, 0.5) is 5.69 Å². The number of nitrogens with zero attached hydrogens (tertiary/aromatic N) is 1. The summed E-state index contributed by atoms with van der Waals surface area (Å²) >= 11 is 6.06. The second-order valence-electron chi connectivity index (χ2n) is 3.51. The van der Waals surface area contributed by atoms with Crippen LogP contribution in [0, 0.1) is 0 Å². The van der Waals surface area contributed by atoms with Gasteiger partial charge in [0.15, 0.2) is 5.43 Å². The van der Waals surface area contributed by atoms with Crippen molar-refractivity contribution in [2.24, 2.45) is 0 Å². The molecule has 0 amide bonds.